The van der Waals surface area contributed by atoms with E-state index in [-0.39, 0.29) is 0 Å². The lowest BCUT2D eigenvalue weighted by Gasteiger charge is -2.13. The molecule has 3 nitrogen and oxygen atoms in total. The van der Waals surface area contributed by atoms with E-state index in [1.54, 1.807) is 0 Å². The first-order valence-electron chi connectivity index (χ1n) is 3.31. The Morgan fingerprint density at radius 3 is 2.56 bits per heavy atom. The zero-order valence-corrected chi connectivity index (χ0v) is 6.26. The van der Waals surface area contributed by atoms with E-state index >= 15 is 0 Å². The van der Waals surface area contributed by atoms with Crippen LogP contribution >= 0.6 is 0 Å². The van der Waals surface area contributed by atoms with E-state index in [4.69, 9.17) is 5.90 Å². The fraction of sp³-hybridized carbons (Fsp3) is 1.00. The first-order chi connectivity index (χ1) is 4.31. The van der Waals surface area contributed by atoms with Gasteiger partial charge in [-0.05, 0) is 20.0 Å². The van der Waals surface area contributed by atoms with E-state index < -0.39 is 0 Å². The molecule has 0 spiro atoms. The Kier molecular flexibility index (Phi) is 5.93. The molecule has 0 aromatic carbocycles. The van der Waals surface area contributed by atoms with Crippen LogP contribution in [0.15, 0.2) is 0 Å². The molecule has 0 heterocycles. The molecule has 0 fully saturated rings. The molecular weight excluding hydrogens is 116 g/mol. The van der Waals surface area contributed by atoms with Crippen LogP contribution in [0.5, 0.6) is 0 Å². The van der Waals surface area contributed by atoms with Gasteiger partial charge in [-0.25, -0.2) is 5.90 Å². The molecule has 9 heavy (non-hydrogen) atoms. The molecule has 0 unspecified atom stereocenters. The van der Waals surface area contributed by atoms with Gasteiger partial charge in [-0.3, -0.25) is 0 Å². The molecule has 0 rings (SSSR count). The molecule has 0 bridgehead atoms. The number of likely N-dealkylation sites (N-methyl/N-ethyl adjacent to an activating group) is 1. The summed E-state index contributed by atoms with van der Waals surface area (Å²) in [5.41, 5.74) is 0. The van der Waals surface area contributed by atoms with Gasteiger partial charge in [0.25, 0.3) is 0 Å². The van der Waals surface area contributed by atoms with Crippen LogP contribution in [-0.2, 0) is 4.84 Å². The van der Waals surface area contributed by atoms with Gasteiger partial charge in [0.05, 0.1) is 6.61 Å². The highest BCUT2D eigenvalue weighted by Crippen LogP contribution is 1.83. The van der Waals surface area contributed by atoms with E-state index in [0.29, 0.717) is 6.61 Å². The summed E-state index contributed by atoms with van der Waals surface area (Å²) in [5, 5.41) is 0. The summed E-state index contributed by atoms with van der Waals surface area (Å²) in [5.74, 6) is 4.85. The Morgan fingerprint density at radius 1 is 1.44 bits per heavy atom. The maximum Gasteiger partial charge on any atom is 0.0806 e. The van der Waals surface area contributed by atoms with Gasteiger partial charge in [0.2, 0.25) is 0 Å². The summed E-state index contributed by atoms with van der Waals surface area (Å²) >= 11 is 0. The van der Waals surface area contributed by atoms with Crippen molar-refractivity contribution in [2.75, 3.05) is 26.7 Å². The summed E-state index contributed by atoms with van der Waals surface area (Å²) < 4.78 is 0. The highest BCUT2D eigenvalue weighted by Gasteiger charge is 1.93. The van der Waals surface area contributed by atoms with Gasteiger partial charge < -0.3 is 9.74 Å². The van der Waals surface area contributed by atoms with Gasteiger partial charge in [-0.2, -0.15) is 0 Å². The van der Waals surface area contributed by atoms with Gasteiger partial charge >= 0.3 is 0 Å². The molecule has 0 aromatic rings. The molecule has 0 aromatic heterocycles. The second kappa shape index (κ2) is 6.01. The van der Waals surface area contributed by atoms with Crippen molar-refractivity contribution in [2.24, 2.45) is 5.90 Å². The van der Waals surface area contributed by atoms with Crippen molar-refractivity contribution in [2.45, 2.75) is 13.3 Å². The normalized spacial score (nSPS) is 10.7. The van der Waals surface area contributed by atoms with E-state index in [1.807, 2.05) is 0 Å². The van der Waals surface area contributed by atoms with Gasteiger partial charge in [0, 0.05) is 6.54 Å². The van der Waals surface area contributed by atoms with Crippen LogP contribution in [0, 0.1) is 0 Å². The van der Waals surface area contributed by atoms with Crippen molar-refractivity contribution in [3.8, 4) is 0 Å². The molecule has 0 atom stereocenters. The van der Waals surface area contributed by atoms with E-state index in [2.05, 4.69) is 23.7 Å². The molecule has 56 valence electrons. The molecule has 0 radical (unpaired) electrons. The van der Waals surface area contributed by atoms with Crippen molar-refractivity contribution in [1.29, 1.82) is 0 Å². The summed E-state index contributed by atoms with van der Waals surface area (Å²) in [7, 11) is 2.06. The smallest absolute Gasteiger partial charge is 0.0806 e. The maximum absolute atomic E-state index is 4.85. The zero-order valence-electron chi connectivity index (χ0n) is 6.26. The first-order valence-corrected chi connectivity index (χ1v) is 3.31. The van der Waals surface area contributed by atoms with Crippen LogP contribution in [0.3, 0.4) is 0 Å². The summed E-state index contributed by atoms with van der Waals surface area (Å²) in [6.07, 6.45) is 1.18. The predicted molar refractivity (Wildman–Crippen MR) is 37.9 cm³/mol. The topological polar surface area (TPSA) is 38.5 Å². The average molecular weight is 132 g/mol. The van der Waals surface area contributed by atoms with Crippen LogP contribution in [-0.4, -0.2) is 31.6 Å². The number of nitrogens with two attached hydrogens (primary N) is 1. The highest BCUT2D eigenvalue weighted by atomic mass is 16.6. The van der Waals surface area contributed by atoms with Crippen molar-refractivity contribution in [3.05, 3.63) is 0 Å². The fourth-order valence-electron chi connectivity index (χ4n) is 0.702. The van der Waals surface area contributed by atoms with Crippen LogP contribution in [0.4, 0.5) is 0 Å². The quantitative estimate of drug-likeness (QED) is 0.544. The van der Waals surface area contributed by atoms with Crippen molar-refractivity contribution >= 4 is 0 Å². The van der Waals surface area contributed by atoms with Gasteiger partial charge in [0.1, 0.15) is 0 Å². The van der Waals surface area contributed by atoms with Gasteiger partial charge in [-0.1, -0.05) is 6.92 Å². The Bertz CT molecular complexity index is 59.0. The molecule has 0 aliphatic rings. The second-order valence-corrected chi connectivity index (χ2v) is 2.17. The van der Waals surface area contributed by atoms with E-state index in [1.165, 1.54) is 6.42 Å². The third-order valence-electron chi connectivity index (χ3n) is 1.20. The molecule has 2 N–H and O–H groups in total. The van der Waals surface area contributed by atoms with Crippen LogP contribution in [0.1, 0.15) is 13.3 Å². The Morgan fingerprint density at radius 2 is 2.11 bits per heavy atom. The Labute approximate surface area is 56.7 Å². The SMILES string of the molecule is CCCN(C)CCON. The first kappa shape index (κ1) is 8.88. The third kappa shape index (κ3) is 5.76. The van der Waals surface area contributed by atoms with Crippen LogP contribution < -0.4 is 5.90 Å². The van der Waals surface area contributed by atoms with Gasteiger partial charge in [0.15, 0.2) is 0 Å². The lowest BCUT2D eigenvalue weighted by atomic mass is 10.4. The number of rotatable bonds is 5. The molecule has 0 aliphatic carbocycles. The minimum atomic E-state index is 0.622. The highest BCUT2D eigenvalue weighted by molar-refractivity contribution is 4.46. The lowest BCUT2D eigenvalue weighted by Crippen LogP contribution is -2.24. The lowest BCUT2D eigenvalue weighted by molar-refractivity contribution is 0.114. The van der Waals surface area contributed by atoms with E-state index in [9.17, 15) is 0 Å². The molecule has 0 aliphatic heterocycles. The molecule has 0 saturated heterocycles. The summed E-state index contributed by atoms with van der Waals surface area (Å²) in [6, 6.07) is 0. The minimum Gasteiger partial charge on any atom is -0.304 e. The maximum atomic E-state index is 4.85. The molecule has 0 amide bonds. The monoisotopic (exact) mass is 132 g/mol. The molecule has 3 heteroatoms. The number of hydrogen-bond donors (Lipinski definition) is 1. The number of hydrogen-bond acceptors (Lipinski definition) is 3. The van der Waals surface area contributed by atoms with Crippen molar-refractivity contribution in [1.82, 2.24) is 4.90 Å². The van der Waals surface area contributed by atoms with E-state index in [0.717, 1.165) is 13.1 Å². The third-order valence-corrected chi connectivity index (χ3v) is 1.20. The fourth-order valence-corrected chi connectivity index (χ4v) is 0.702. The second-order valence-electron chi connectivity index (χ2n) is 2.17. The van der Waals surface area contributed by atoms with Crippen LogP contribution in [0.2, 0.25) is 0 Å². The Balaban J connectivity index is 2.95. The zero-order chi connectivity index (χ0) is 7.11. The predicted octanol–water partition coefficient (Wildman–Crippen LogP) is 0.219. The standard InChI is InChI=1S/C6H16N2O/c1-3-4-8(2)5-6-9-7/h3-7H2,1-2H3. The Hall–Kier alpha value is -0.120. The van der Waals surface area contributed by atoms with Crippen molar-refractivity contribution < 1.29 is 4.84 Å². The summed E-state index contributed by atoms with van der Waals surface area (Å²) in [6.45, 7) is 4.81. The summed E-state index contributed by atoms with van der Waals surface area (Å²) in [4.78, 5) is 6.60. The average Bonchev–Trinajstić information content (AvgIpc) is 1.85. The number of nitrogens with zero attached hydrogens (tertiary/aromatic N) is 1. The molecular formula is C6H16N2O. The molecule has 0 saturated carbocycles. The van der Waals surface area contributed by atoms with Crippen LogP contribution in [0.25, 0.3) is 0 Å². The van der Waals surface area contributed by atoms with Crippen molar-refractivity contribution in [3.63, 3.8) is 0 Å². The minimum absolute atomic E-state index is 0.622. The largest absolute Gasteiger partial charge is 0.304 e. The van der Waals surface area contributed by atoms with Gasteiger partial charge in [-0.15, -0.1) is 0 Å².